The molecule has 1 amide bonds. The highest BCUT2D eigenvalue weighted by molar-refractivity contribution is 5.89. The minimum absolute atomic E-state index is 0.0869. The zero-order valence-corrected chi connectivity index (χ0v) is 18.1. The number of amides is 1. The lowest BCUT2D eigenvalue weighted by molar-refractivity contribution is -0.123. The van der Waals surface area contributed by atoms with Crippen molar-refractivity contribution in [2.75, 3.05) is 13.2 Å². The Morgan fingerprint density at radius 1 is 1.03 bits per heavy atom. The summed E-state index contributed by atoms with van der Waals surface area (Å²) in [4.78, 5) is 24.1. The van der Waals surface area contributed by atoms with E-state index in [2.05, 4.69) is 10.5 Å². The van der Waals surface area contributed by atoms with E-state index in [9.17, 15) is 9.59 Å². The Hall–Kier alpha value is -4.07. The lowest BCUT2D eigenvalue weighted by Crippen LogP contribution is -2.24. The van der Waals surface area contributed by atoms with Gasteiger partial charge in [0.2, 0.25) is 5.76 Å². The molecule has 0 saturated heterocycles. The molecule has 0 fully saturated rings. The fourth-order valence-electron chi connectivity index (χ4n) is 2.67. The van der Waals surface area contributed by atoms with E-state index in [0.29, 0.717) is 23.7 Å². The van der Waals surface area contributed by atoms with Gasteiger partial charge in [-0.3, -0.25) is 4.79 Å². The number of nitrogens with one attached hydrogen (secondary N) is 1. The van der Waals surface area contributed by atoms with E-state index >= 15 is 0 Å². The van der Waals surface area contributed by atoms with Crippen LogP contribution < -0.4 is 19.6 Å². The van der Waals surface area contributed by atoms with Crippen LogP contribution >= 0.6 is 0 Å². The number of furan rings is 1. The molecule has 0 unspecified atom stereocenters. The molecule has 1 N–H and O–H groups in total. The van der Waals surface area contributed by atoms with Gasteiger partial charge in [-0.05, 0) is 79.9 Å². The van der Waals surface area contributed by atoms with E-state index < -0.39 is 11.9 Å². The SMILES string of the molecule is CCOc1cc(C=NNC(=O)COc2ccc(C)c(C)c2)ccc1OC(=O)c1ccco1. The second kappa shape index (κ2) is 10.8. The zero-order chi connectivity index (χ0) is 22.9. The van der Waals surface area contributed by atoms with Crippen molar-refractivity contribution in [3.8, 4) is 17.2 Å². The maximum atomic E-state index is 12.1. The van der Waals surface area contributed by atoms with Crippen LogP contribution in [0.25, 0.3) is 0 Å². The van der Waals surface area contributed by atoms with Gasteiger partial charge in [0.15, 0.2) is 18.1 Å². The molecule has 8 nitrogen and oxygen atoms in total. The van der Waals surface area contributed by atoms with Gasteiger partial charge in [0.05, 0.1) is 19.1 Å². The number of esters is 1. The fraction of sp³-hybridized carbons (Fsp3) is 0.208. The topological polar surface area (TPSA) is 99.4 Å². The largest absolute Gasteiger partial charge is 0.490 e. The third kappa shape index (κ3) is 6.21. The van der Waals surface area contributed by atoms with Gasteiger partial charge in [0.1, 0.15) is 5.75 Å². The van der Waals surface area contributed by atoms with Crippen LogP contribution in [0.15, 0.2) is 64.3 Å². The Kier molecular flexibility index (Phi) is 7.64. The summed E-state index contributed by atoms with van der Waals surface area (Å²) in [6.07, 6.45) is 2.84. The van der Waals surface area contributed by atoms with E-state index in [1.54, 1.807) is 24.3 Å². The van der Waals surface area contributed by atoms with Crippen LogP contribution in [0.3, 0.4) is 0 Å². The number of aryl methyl sites for hydroxylation is 2. The van der Waals surface area contributed by atoms with Crippen LogP contribution in [-0.2, 0) is 4.79 Å². The summed E-state index contributed by atoms with van der Waals surface area (Å²) in [5.41, 5.74) is 5.29. The summed E-state index contributed by atoms with van der Waals surface area (Å²) in [6, 6.07) is 13.6. The van der Waals surface area contributed by atoms with Gasteiger partial charge < -0.3 is 18.6 Å². The Morgan fingerprint density at radius 3 is 2.59 bits per heavy atom. The van der Waals surface area contributed by atoms with Crippen molar-refractivity contribution < 1.29 is 28.2 Å². The van der Waals surface area contributed by atoms with Gasteiger partial charge in [-0.15, -0.1) is 0 Å². The third-order valence-electron chi connectivity index (χ3n) is 4.44. The number of hydrazone groups is 1. The van der Waals surface area contributed by atoms with Gasteiger partial charge in [-0.2, -0.15) is 5.10 Å². The molecule has 1 aromatic heterocycles. The molecule has 1 heterocycles. The quantitative estimate of drug-likeness (QED) is 0.235. The zero-order valence-electron chi connectivity index (χ0n) is 18.1. The van der Waals surface area contributed by atoms with Gasteiger partial charge >= 0.3 is 5.97 Å². The van der Waals surface area contributed by atoms with Crippen LogP contribution in [0.2, 0.25) is 0 Å². The molecule has 3 aromatic rings. The maximum absolute atomic E-state index is 12.1. The Morgan fingerprint density at radius 2 is 1.88 bits per heavy atom. The van der Waals surface area contributed by atoms with Gasteiger partial charge in [-0.1, -0.05) is 6.07 Å². The van der Waals surface area contributed by atoms with E-state index in [1.165, 1.54) is 18.5 Å². The van der Waals surface area contributed by atoms with Crippen LogP contribution in [0.5, 0.6) is 17.2 Å². The highest BCUT2D eigenvalue weighted by Gasteiger charge is 2.15. The van der Waals surface area contributed by atoms with Crippen LogP contribution in [0.1, 0.15) is 34.2 Å². The van der Waals surface area contributed by atoms with Crippen molar-refractivity contribution in [2.45, 2.75) is 20.8 Å². The molecule has 0 saturated carbocycles. The van der Waals surface area contributed by atoms with Gasteiger partial charge in [-0.25, -0.2) is 10.2 Å². The standard InChI is InChI=1S/C24H24N2O6/c1-4-29-22-13-18(8-10-20(22)32-24(28)21-6-5-11-30-21)14-25-26-23(27)15-31-19-9-7-16(2)17(3)12-19/h5-14H,4,15H2,1-3H3,(H,26,27). The first-order valence-electron chi connectivity index (χ1n) is 10.0. The average Bonchev–Trinajstić information content (AvgIpc) is 3.32. The molecule has 0 spiro atoms. The minimum atomic E-state index is -0.631. The van der Waals surface area contributed by atoms with E-state index in [0.717, 1.165) is 11.1 Å². The molecule has 0 aliphatic rings. The summed E-state index contributed by atoms with van der Waals surface area (Å²) in [5.74, 6) is 0.288. The van der Waals surface area contributed by atoms with Crippen molar-refractivity contribution >= 4 is 18.1 Å². The molecule has 166 valence electrons. The second-order valence-electron chi connectivity index (χ2n) is 6.83. The first kappa shape index (κ1) is 22.6. The predicted molar refractivity (Wildman–Crippen MR) is 118 cm³/mol. The van der Waals surface area contributed by atoms with Crippen LogP contribution in [0.4, 0.5) is 0 Å². The minimum Gasteiger partial charge on any atom is -0.490 e. The molecule has 32 heavy (non-hydrogen) atoms. The molecule has 3 rings (SSSR count). The maximum Gasteiger partial charge on any atom is 0.379 e. The summed E-state index contributed by atoms with van der Waals surface area (Å²) >= 11 is 0. The Labute approximate surface area is 185 Å². The number of carbonyl (C=O) groups excluding carboxylic acids is 2. The van der Waals surface area contributed by atoms with Crippen molar-refractivity contribution in [1.29, 1.82) is 0 Å². The number of carbonyl (C=O) groups is 2. The predicted octanol–water partition coefficient (Wildman–Crippen LogP) is 4.04. The first-order chi connectivity index (χ1) is 15.5. The van der Waals surface area contributed by atoms with E-state index in [1.807, 2.05) is 39.0 Å². The van der Waals surface area contributed by atoms with E-state index in [-0.39, 0.29) is 18.1 Å². The molecular formula is C24H24N2O6. The van der Waals surface area contributed by atoms with E-state index in [4.69, 9.17) is 18.6 Å². The number of hydrogen-bond donors (Lipinski definition) is 1. The van der Waals surface area contributed by atoms with Crippen molar-refractivity contribution in [3.63, 3.8) is 0 Å². The molecule has 0 atom stereocenters. The van der Waals surface area contributed by atoms with Gasteiger partial charge in [0, 0.05) is 0 Å². The Bertz CT molecular complexity index is 1110. The monoisotopic (exact) mass is 436 g/mol. The normalized spacial score (nSPS) is 10.7. The highest BCUT2D eigenvalue weighted by atomic mass is 16.6. The number of ether oxygens (including phenoxy) is 3. The number of benzene rings is 2. The van der Waals surface area contributed by atoms with Crippen LogP contribution in [0, 0.1) is 13.8 Å². The number of nitrogens with zero attached hydrogens (tertiary/aromatic N) is 1. The lowest BCUT2D eigenvalue weighted by atomic mass is 10.1. The highest BCUT2D eigenvalue weighted by Crippen LogP contribution is 2.29. The number of hydrogen-bond acceptors (Lipinski definition) is 7. The second-order valence-corrected chi connectivity index (χ2v) is 6.83. The molecule has 8 heteroatoms. The first-order valence-corrected chi connectivity index (χ1v) is 10.0. The third-order valence-corrected chi connectivity index (χ3v) is 4.44. The smallest absolute Gasteiger partial charge is 0.379 e. The van der Waals surface area contributed by atoms with Crippen molar-refractivity contribution in [3.05, 3.63) is 77.2 Å². The summed E-state index contributed by atoms with van der Waals surface area (Å²) in [7, 11) is 0. The van der Waals surface area contributed by atoms with Crippen LogP contribution in [-0.4, -0.2) is 31.3 Å². The van der Waals surface area contributed by atoms with Gasteiger partial charge in [0.25, 0.3) is 5.91 Å². The molecule has 0 radical (unpaired) electrons. The molecule has 0 aliphatic heterocycles. The molecule has 0 bridgehead atoms. The molecule has 2 aromatic carbocycles. The number of rotatable bonds is 9. The summed E-state index contributed by atoms with van der Waals surface area (Å²) < 4.78 is 21.4. The molecular weight excluding hydrogens is 412 g/mol. The van der Waals surface area contributed by atoms with Crippen molar-refractivity contribution in [2.24, 2.45) is 5.10 Å². The van der Waals surface area contributed by atoms with Crippen molar-refractivity contribution in [1.82, 2.24) is 5.43 Å². The Balaban J connectivity index is 1.57. The fourth-order valence-corrected chi connectivity index (χ4v) is 2.67. The summed E-state index contributed by atoms with van der Waals surface area (Å²) in [6.45, 7) is 6.01. The average molecular weight is 436 g/mol. The molecule has 0 aliphatic carbocycles. The summed E-state index contributed by atoms with van der Waals surface area (Å²) in [5, 5.41) is 3.94. The lowest BCUT2D eigenvalue weighted by Gasteiger charge is -2.10.